The van der Waals surface area contributed by atoms with E-state index in [1.807, 2.05) is 24.3 Å². The quantitative estimate of drug-likeness (QED) is 0.668. The van der Waals surface area contributed by atoms with Gasteiger partial charge in [-0.3, -0.25) is 4.79 Å². The summed E-state index contributed by atoms with van der Waals surface area (Å²) in [6.45, 7) is 3.91. The Kier molecular flexibility index (Phi) is 6.62. The van der Waals surface area contributed by atoms with Gasteiger partial charge in [0.2, 0.25) is 5.91 Å². The fourth-order valence-corrected chi connectivity index (χ4v) is 1.77. The summed E-state index contributed by atoms with van der Waals surface area (Å²) in [5.74, 6) is -1.21. The van der Waals surface area contributed by atoms with Gasteiger partial charge in [0.15, 0.2) is 0 Å². The van der Waals surface area contributed by atoms with Gasteiger partial charge in [-0.25, -0.2) is 4.79 Å². The minimum atomic E-state index is -1.16. The second-order valence-corrected chi connectivity index (χ2v) is 5.07. The molecule has 0 aromatic heterocycles. The van der Waals surface area contributed by atoms with Crippen LogP contribution in [0.1, 0.15) is 37.3 Å². The van der Waals surface area contributed by atoms with Crippen LogP contribution in [0, 0.1) is 0 Å². The minimum Gasteiger partial charge on any atom is -0.480 e. The Bertz CT molecular complexity index is 506. The zero-order valence-electron chi connectivity index (χ0n) is 12.2. The molecule has 0 aliphatic heterocycles. The van der Waals surface area contributed by atoms with Gasteiger partial charge in [-0.15, -0.1) is 0 Å². The van der Waals surface area contributed by atoms with Gasteiger partial charge < -0.3 is 15.5 Å². The Morgan fingerprint density at radius 1 is 1.24 bits per heavy atom. The number of rotatable bonds is 7. The van der Waals surface area contributed by atoms with Crippen LogP contribution in [0.2, 0.25) is 0 Å². The van der Waals surface area contributed by atoms with E-state index in [9.17, 15) is 9.59 Å². The summed E-state index contributed by atoms with van der Waals surface area (Å²) < 4.78 is 0. The predicted octanol–water partition coefficient (Wildman–Crippen LogP) is 1.78. The van der Waals surface area contributed by atoms with Gasteiger partial charge in [0.25, 0.3) is 0 Å². The maximum Gasteiger partial charge on any atom is 0.326 e. The Balaban J connectivity index is 2.62. The smallest absolute Gasteiger partial charge is 0.326 e. The first-order valence-electron chi connectivity index (χ1n) is 6.86. The Hall–Kier alpha value is -2.14. The van der Waals surface area contributed by atoms with Crippen LogP contribution < -0.4 is 5.32 Å². The van der Waals surface area contributed by atoms with Crippen LogP contribution in [0.25, 0.3) is 6.08 Å². The summed E-state index contributed by atoms with van der Waals surface area (Å²) in [7, 11) is 0. The van der Waals surface area contributed by atoms with Gasteiger partial charge in [-0.05, 0) is 23.1 Å². The van der Waals surface area contributed by atoms with Crippen LogP contribution in [0.5, 0.6) is 0 Å². The summed E-state index contributed by atoms with van der Waals surface area (Å²) in [5, 5.41) is 19.9. The van der Waals surface area contributed by atoms with Crippen LogP contribution >= 0.6 is 0 Å². The summed E-state index contributed by atoms with van der Waals surface area (Å²) in [5.41, 5.74) is 2.08. The zero-order valence-corrected chi connectivity index (χ0v) is 12.2. The van der Waals surface area contributed by atoms with Gasteiger partial charge in [-0.1, -0.05) is 38.1 Å². The number of amides is 1. The van der Waals surface area contributed by atoms with Crippen LogP contribution in [0.15, 0.2) is 30.3 Å². The van der Waals surface area contributed by atoms with Gasteiger partial charge in [-0.2, -0.15) is 0 Å². The van der Waals surface area contributed by atoms with Crippen molar-refractivity contribution in [2.24, 2.45) is 0 Å². The molecule has 0 spiro atoms. The van der Waals surface area contributed by atoms with E-state index >= 15 is 0 Å². The van der Waals surface area contributed by atoms with Crippen molar-refractivity contribution in [3.8, 4) is 0 Å². The molecule has 0 heterocycles. The SMILES string of the molecule is CC(C)c1ccc(C=CC(=O)NC(CCO)C(=O)O)cc1. The fraction of sp³-hybridized carbons (Fsp3) is 0.375. The second-order valence-electron chi connectivity index (χ2n) is 5.07. The molecule has 1 amide bonds. The van der Waals surface area contributed by atoms with Crippen molar-refractivity contribution in [3.05, 3.63) is 41.5 Å². The lowest BCUT2D eigenvalue weighted by atomic mass is 10.0. The van der Waals surface area contributed by atoms with E-state index in [-0.39, 0.29) is 13.0 Å². The minimum absolute atomic E-state index is 0.0159. The Morgan fingerprint density at radius 2 is 1.86 bits per heavy atom. The molecule has 1 aromatic rings. The molecule has 0 bridgehead atoms. The first-order chi connectivity index (χ1) is 9.93. The normalized spacial score (nSPS) is 12.6. The predicted molar refractivity (Wildman–Crippen MR) is 80.8 cm³/mol. The first kappa shape index (κ1) is 16.9. The molecule has 1 rings (SSSR count). The number of hydrogen-bond acceptors (Lipinski definition) is 3. The average Bonchev–Trinajstić information content (AvgIpc) is 2.45. The van der Waals surface area contributed by atoms with Crippen molar-refractivity contribution < 1.29 is 19.8 Å². The lowest BCUT2D eigenvalue weighted by Crippen LogP contribution is -2.40. The molecule has 1 atom stereocenters. The fourth-order valence-electron chi connectivity index (χ4n) is 1.77. The molecule has 0 saturated heterocycles. The zero-order chi connectivity index (χ0) is 15.8. The number of carboxylic acid groups (broad SMARTS) is 1. The molecule has 1 unspecified atom stereocenters. The van der Waals surface area contributed by atoms with E-state index in [0.717, 1.165) is 5.56 Å². The highest BCUT2D eigenvalue weighted by molar-refractivity contribution is 5.94. The number of aliphatic carboxylic acids is 1. The number of carbonyl (C=O) groups is 2. The van der Waals surface area contributed by atoms with E-state index in [0.29, 0.717) is 5.92 Å². The molecule has 1 aromatic carbocycles. The third-order valence-electron chi connectivity index (χ3n) is 3.06. The maximum atomic E-state index is 11.6. The highest BCUT2D eigenvalue weighted by Gasteiger charge is 2.17. The lowest BCUT2D eigenvalue weighted by Gasteiger charge is -2.11. The molecule has 5 nitrogen and oxygen atoms in total. The molecule has 3 N–H and O–H groups in total. The van der Waals surface area contributed by atoms with Crippen molar-refractivity contribution in [2.75, 3.05) is 6.61 Å². The number of benzene rings is 1. The summed E-state index contributed by atoms with van der Waals surface area (Å²) >= 11 is 0. The van der Waals surface area contributed by atoms with E-state index < -0.39 is 17.9 Å². The van der Waals surface area contributed by atoms with Crippen molar-refractivity contribution in [2.45, 2.75) is 32.2 Å². The van der Waals surface area contributed by atoms with E-state index in [1.54, 1.807) is 6.08 Å². The number of carbonyl (C=O) groups excluding carboxylic acids is 1. The molecule has 0 fully saturated rings. The summed E-state index contributed by atoms with van der Waals surface area (Å²) in [6.07, 6.45) is 2.90. The summed E-state index contributed by atoms with van der Waals surface area (Å²) in [6, 6.07) is 6.72. The number of aliphatic hydroxyl groups excluding tert-OH is 1. The summed E-state index contributed by atoms with van der Waals surface area (Å²) in [4.78, 5) is 22.5. The molecule has 0 aliphatic carbocycles. The van der Waals surface area contributed by atoms with Crippen LogP contribution in [0.3, 0.4) is 0 Å². The Morgan fingerprint density at radius 3 is 2.33 bits per heavy atom. The third kappa shape index (κ3) is 5.79. The Labute approximate surface area is 124 Å². The van der Waals surface area contributed by atoms with E-state index in [2.05, 4.69) is 19.2 Å². The number of aliphatic hydroxyl groups is 1. The van der Waals surface area contributed by atoms with Gasteiger partial charge in [0.1, 0.15) is 6.04 Å². The second kappa shape index (κ2) is 8.21. The van der Waals surface area contributed by atoms with Crippen LogP contribution in [0.4, 0.5) is 0 Å². The van der Waals surface area contributed by atoms with E-state index in [4.69, 9.17) is 10.2 Å². The molecule has 5 heteroatoms. The molecule has 0 aliphatic rings. The maximum absolute atomic E-state index is 11.6. The molecular weight excluding hydrogens is 270 g/mol. The lowest BCUT2D eigenvalue weighted by molar-refractivity contribution is -0.141. The highest BCUT2D eigenvalue weighted by Crippen LogP contribution is 2.15. The molecule has 0 radical (unpaired) electrons. The molecular formula is C16H21NO4. The van der Waals surface area contributed by atoms with Crippen molar-refractivity contribution in [1.29, 1.82) is 0 Å². The molecule has 0 saturated carbocycles. The largest absolute Gasteiger partial charge is 0.480 e. The molecule has 114 valence electrons. The van der Waals surface area contributed by atoms with Crippen LogP contribution in [-0.2, 0) is 9.59 Å². The average molecular weight is 291 g/mol. The standard InChI is InChI=1S/C16H21NO4/c1-11(2)13-6-3-12(4-7-13)5-8-15(19)17-14(9-10-18)16(20)21/h3-8,11,14,18H,9-10H2,1-2H3,(H,17,19)(H,20,21). The van der Waals surface area contributed by atoms with Crippen molar-refractivity contribution in [1.82, 2.24) is 5.32 Å². The van der Waals surface area contributed by atoms with Crippen molar-refractivity contribution >= 4 is 18.0 Å². The first-order valence-corrected chi connectivity index (χ1v) is 6.86. The number of carboxylic acids is 1. The monoisotopic (exact) mass is 291 g/mol. The van der Waals surface area contributed by atoms with Crippen LogP contribution in [-0.4, -0.2) is 34.7 Å². The van der Waals surface area contributed by atoms with Crippen molar-refractivity contribution in [3.63, 3.8) is 0 Å². The van der Waals surface area contributed by atoms with E-state index in [1.165, 1.54) is 11.6 Å². The number of hydrogen-bond donors (Lipinski definition) is 3. The molecule has 21 heavy (non-hydrogen) atoms. The van der Waals surface area contributed by atoms with Gasteiger partial charge >= 0.3 is 5.97 Å². The third-order valence-corrected chi connectivity index (χ3v) is 3.06. The van der Waals surface area contributed by atoms with Gasteiger partial charge in [0, 0.05) is 19.1 Å². The number of nitrogens with one attached hydrogen (secondary N) is 1. The topological polar surface area (TPSA) is 86.6 Å². The highest BCUT2D eigenvalue weighted by atomic mass is 16.4. The van der Waals surface area contributed by atoms with Gasteiger partial charge in [0.05, 0.1) is 0 Å².